The van der Waals surface area contributed by atoms with Crippen LogP contribution in [0.15, 0.2) is 64.0 Å². The van der Waals surface area contributed by atoms with Crippen molar-refractivity contribution in [2.24, 2.45) is 0 Å². The van der Waals surface area contributed by atoms with E-state index in [0.717, 1.165) is 15.8 Å². The molecule has 0 bridgehead atoms. The van der Waals surface area contributed by atoms with Crippen LogP contribution in [-0.2, 0) is 16.4 Å². The number of nitrogens with one attached hydrogen (secondary N) is 2. The van der Waals surface area contributed by atoms with E-state index in [2.05, 4.69) is 36.2 Å². The third-order valence-corrected chi connectivity index (χ3v) is 6.33. The van der Waals surface area contributed by atoms with Crippen LogP contribution in [0.1, 0.15) is 15.4 Å². The third-order valence-electron chi connectivity index (χ3n) is 3.45. The van der Waals surface area contributed by atoms with E-state index >= 15 is 0 Å². The number of nitrogens with zero attached hydrogens (tertiary/aromatic N) is 2. The van der Waals surface area contributed by atoms with Gasteiger partial charge in [-0.3, -0.25) is 9.52 Å². The molecular weight excluding hydrogens is 452 g/mol. The second-order valence-electron chi connectivity index (χ2n) is 5.44. The summed E-state index contributed by atoms with van der Waals surface area (Å²) in [5.74, 6) is -0.189. The average molecular weight is 467 g/mol. The molecule has 0 saturated heterocycles. The van der Waals surface area contributed by atoms with Crippen molar-refractivity contribution >= 4 is 48.3 Å². The van der Waals surface area contributed by atoms with Crippen LogP contribution < -0.4 is 10.0 Å². The van der Waals surface area contributed by atoms with Gasteiger partial charge in [0.2, 0.25) is 5.13 Å². The normalized spacial score (nSPS) is 11.1. The van der Waals surface area contributed by atoms with Crippen LogP contribution in [-0.4, -0.2) is 31.1 Å². The van der Waals surface area contributed by atoms with E-state index in [9.17, 15) is 13.2 Å². The van der Waals surface area contributed by atoms with Gasteiger partial charge in [0, 0.05) is 23.0 Å². The van der Waals surface area contributed by atoms with Crippen LogP contribution >= 0.6 is 27.3 Å². The summed E-state index contributed by atoms with van der Waals surface area (Å²) in [5.41, 5.74) is 0.554. The number of aromatic nitrogens is 2. The van der Waals surface area contributed by atoms with Crippen molar-refractivity contribution < 1.29 is 13.2 Å². The Morgan fingerprint density at radius 3 is 2.59 bits per heavy atom. The maximum absolute atomic E-state index is 12.3. The predicted molar refractivity (Wildman–Crippen MR) is 107 cm³/mol. The van der Waals surface area contributed by atoms with Crippen molar-refractivity contribution in [2.75, 3.05) is 11.3 Å². The molecule has 0 atom stereocenters. The molecule has 1 amide bonds. The first-order valence-electron chi connectivity index (χ1n) is 7.88. The van der Waals surface area contributed by atoms with Gasteiger partial charge in [-0.15, -0.1) is 10.2 Å². The Labute approximate surface area is 169 Å². The fraction of sp³-hybridized carbons (Fsp3) is 0.118. The zero-order chi connectivity index (χ0) is 19.3. The van der Waals surface area contributed by atoms with Gasteiger partial charge in [-0.1, -0.05) is 51.5 Å². The molecule has 3 aromatic rings. The molecule has 0 unspecified atom stereocenters. The SMILES string of the molecule is O=C(NCCc1nnc(NS(=O)(=O)c2ccccc2)s1)c1cccc(Br)c1. The van der Waals surface area contributed by atoms with Gasteiger partial charge < -0.3 is 5.32 Å². The summed E-state index contributed by atoms with van der Waals surface area (Å²) in [5, 5.41) is 11.4. The van der Waals surface area contributed by atoms with Crippen molar-refractivity contribution in [3.63, 3.8) is 0 Å². The number of anilines is 1. The van der Waals surface area contributed by atoms with Gasteiger partial charge in [-0.05, 0) is 30.3 Å². The second kappa shape index (κ2) is 8.59. The van der Waals surface area contributed by atoms with Crippen molar-refractivity contribution in [3.8, 4) is 0 Å². The van der Waals surface area contributed by atoms with Crippen LogP contribution in [0, 0.1) is 0 Å². The van der Waals surface area contributed by atoms with Gasteiger partial charge in [0.15, 0.2) is 0 Å². The molecule has 2 aromatic carbocycles. The summed E-state index contributed by atoms with van der Waals surface area (Å²) in [7, 11) is -3.69. The summed E-state index contributed by atoms with van der Waals surface area (Å²) in [6, 6.07) is 15.1. The maximum atomic E-state index is 12.3. The lowest BCUT2D eigenvalue weighted by molar-refractivity contribution is 0.0954. The molecule has 27 heavy (non-hydrogen) atoms. The number of halogens is 1. The predicted octanol–water partition coefficient (Wildman–Crippen LogP) is 3.07. The van der Waals surface area contributed by atoms with Gasteiger partial charge >= 0.3 is 0 Å². The van der Waals surface area contributed by atoms with E-state index in [1.165, 1.54) is 12.1 Å². The minimum absolute atomic E-state index is 0.156. The van der Waals surface area contributed by atoms with Gasteiger partial charge in [-0.25, -0.2) is 8.42 Å². The zero-order valence-electron chi connectivity index (χ0n) is 13.9. The van der Waals surface area contributed by atoms with Crippen molar-refractivity contribution in [1.29, 1.82) is 0 Å². The molecule has 140 valence electrons. The molecule has 0 spiro atoms. The molecule has 0 fully saturated rings. The molecule has 1 aromatic heterocycles. The summed E-state index contributed by atoms with van der Waals surface area (Å²) in [6.45, 7) is 0.366. The molecular formula is C17H15BrN4O3S2. The first-order valence-corrected chi connectivity index (χ1v) is 11.0. The number of hydrogen-bond donors (Lipinski definition) is 2. The summed E-state index contributed by atoms with van der Waals surface area (Å²) in [6.07, 6.45) is 0.449. The maximum Gasteiger partial charge on any atom is 0.263 e. The molecule has 0 aliphatic heterocycles. The number of benzene rings is 2. The second-order valence-corrected chi connectivity index (χ2v) is 9.10. The van der Waals surface area contributed by atoms with E-state index < -0.39 is 10.0 Å². The lowest BCUT2D eigenvalue weighted by atomic mass is 10.2. The van der Waals surface area contributed by atoms with Crippen LogP contribution in [0.4, 0.5) is 5.13 Å². The minimum Gasteiger partial charge on any atom is -0.352 e. The van der Waals surface area contributed by atoms with Gasteiger partial charge in [0.05, 0.1) is 4.90 Å². The Bertz CT molecular complexity index is 1040. The first kappa shape index (κ1) is 19.5. The average Bonchev–Trinajstić information content (AvgIpc) is 3.09. The number of hydrogen-bond acceptors (Lipinski definition) is 6. The molecule has 2 N–H and O–H groups in total. The number of carbonyl (C=O) groups excluding carboxylic acids is 1. The largest absolute Gasteiger partial charge is 0.352 e. The van der Waals surface area contributed by atoms with Crippen molar-refractivity contribution in [1.82, 2.24) is 15.5 Å². The van der Waals surface area contributed by atoms with Crippen LogP contribution in [0.3, 0.4) is 0 Å². The molecule has 10 heteroatoms. The van der Waals surface area contributed by atoms with Gasteiger partial charge in [0.1, 0.15) is 5.01 Å². The summed E-state index contributed by atoms with van der Waals surface area (Å²) >= 11 is 4.46. The van der Waals surface area contributed by atoms with Crippen LogP contribution in [0.5, 0.6) is 0 Å². The monoisotopic (exact) mass is 466 g/mol. The summed E-state index contributed by atoms with van der Waals surface area (Å²) < 4.78 is 27.8. The topological polar surface area (TPSA) is 101 Å². The van der Waals surface area contributed by atoms with Gasteiger partial charge in [-0.2, -0.15) is 0 Å². The van der Waals surface area contributed by atoms with Crippen LogP contribution in [0.2, 0.25) is 0 Å². The number of rotatable bonds is 7. The molecule has 3 rings (SSSR count). The molecule has 0 aliphatic carbocycles. The standard InChI is InChI=1S/C17H15BrN4O3S2/c18-13-6-4-5-12(11-13)16(23)19-10-9-15-20-21-17(26-15)22-27(24,25)14-7-2-1-3-8-14/h1-8,11H,9-10H2,(H,19,23)(H,21,22). The molecule has 7 nitrogen and oxygen atoms in total. The lowest BCUT2D eigenvalue weighted by Gasteiger charge is -2.04. The highest BCUT2D eigenvalue weighted by atomic mass is 79.9. The zero-order valence-corrected chi connectivity index (χ0v) is 17.1. The Balaban J connectivity index is 1.55. The Kier molecular flexibility index (Phi) is 6.19. The number of carbonyl (C=O) groups is 1. The van der Waals surface area contributed by atoms with Gasteiger partial charge in [0.25, 0.3) is 15.9 Å². The van der Waals surface area contributed by atoms with E-state index in [0.29, 0.717) is 23.5 Å². The molecule has 0 aliphatic rings. The van der Waals surface area contributed by atoms with E-state index in [1.54, 1.807) is 36.4 Å². The lowest BCUT2D eigenvalue weighted by Crippen LogP contribution is -2.25. The van der Waals surface area contributed by atoms with E-state index in [1.807, 2.05) is 6.07 Å². The quantitative estimate of drug-likeness (QED) is 0.556. The van der Waals surface area contributed by atoms with Crippen molar-refractivity contribution in [2.45, 2.75) is 11.3 Å². The van der Waals surface area contributed by atoms with E-state index in [-0.39, 0.29) is 15.9 Å². The fourth-order valence-corrected chi connectivity index (χ4v) is 4.57. The third kappa shape index (κ3) is 5.34. The number of sulfonamides is 1. The highest BCUT2D eigenvalue weighted by Crippen LogP contribution is 2.20. The molecule has 0 saturated carbocycles. The molecule has 1 heterocycles. The Hall–Kier alpha value is -2.30. The highest BCUT2D eigenvalue weighted by Gasteiger charge is 2.16. The minimum atomic E-state index is -3.69. The highest BCUT2D eigenvalue weighted by molar-refractivity contribution is 9.10. The van der Waals surface area contributed by atoms with E-state index in [4.69, 9.17) is 0 Å². The van der Waals surface area contributed by atoms with Crippen molar-refractivity contribution in [3.05, 3.63) is 69.6 Å². The number of amides is 1. The Morgan fingerprint density at radius 2 is 1.85 bits per heavy atom. The fourth-order valence-electron chi connectivity index (χ4n) is 2.18. The van der Waals surface area contributed by atoms with Crippen LogP contribution in [0.25, 0.3) is 0 Å². The summed E-state index contributed by atoms with van der Waals surface area (Å²) in [4.78, 5) is 12.2. The smallest absolute Gasteiger partial charge is 0.263 e. The molecule has 0 radical (unpaired) electrons. The Morgan fingerprint density at radius 1 is 1.07 bits per heavy atom. The first-order chi connectivity index (χ1) is 12.9.